The van der Waals surface area contributed by atoms with E-state index in [9.17, 15) is 19.8 Å². The van der Waals surface area contributed by atoms with Gasteiger partial charge in [0.2, 0.25) is 0 Å². The van der Waals surface area contributed by atoms with E-state index in [1.54, 1.807) is 12.1 Å². The third-order valence-corrected chi connectivity index (χ3v) is 2.44. The van der Waals surface area contributed by atoms with Gasteiger partial charge >= 0.3 is 11.9 Å². The lowest BCUT2D eigenvalue weighted by Crippen LogP contribution is -2.21. The Morgan fingerprint density at radius 1 is 1.11 bits per heavy atom. The zero-order valence-corrected chi connectivity index (χ0v) is 9.93. The molecule has 1 aromatic carbocycles. The molecule has 0 spiro atoms. The van der Waals surface area contributed by atoms with Crippen LogP contribution in [0.4, 0.5) is 0 Å². The molecule has 19 heavy (non-hydrogen) atoms. The van der Waals surface area contributed by atoms with E-state index in [4.69, 9.17) is 10.2 Å². The number of hydrogen-bond acceptors (Lipinski definition) is 4. The molecule has 0 saturated carbocycles. The monoisotopic (exact) mass is 266 g/mol. The van der Waals surface area contributed by atoms with Crippen molar-refractivity contribution in [1.82, 2.24) is 0 Å². The zero-order chi connectivity index (χ0) is 14.4. The fourth-order valence-corrected chi connectivity index (χ4v) is 1.48. The molecule has 1 aromatic rings. The van der Waals surface area contributed by atoms with Crippen LogP contribution in [0, 0.1) is 0 Å². The Morgan fingerprint density at radius 3 is 2.16 bits per heavy atom. The molecular formula is C13H14O6. The Balaban J connectivity index is 2.75. The maximum absolute atomic E-state index is 10.4. The van der Waals surface area contributed by atoms with E-state index in [0.29, 0.717) is 11.1 Å². The van der Waals surface area contributed by atoms with Gasteiger partial charge in [0.25, 0.3) is 0 Å². The summed E-state index contributed by atoms with van der Waals surface area (Å²) in [7, 11) is 0. The molecule has 102 valence electrons. The maximum Gasteiger partial charge on any atom is 0.328 e. The van der Waals surface area contributed by atoms with Gasteiger partial charge in [-0.2, -0.15) is 0 Å². The van der Waals surface area contributed by atoms with E-state index in [1.807, 2.05) is 0 Å². The van der Waals surface area contributed by atoms with Gasteiger partial charge in [-0.1, -0.05) is 24.3 Å². The zero-order valence-electron chi connectivity index (χ0n) is 9.93. The molecule has 0 heterocycles. The molecule has 0 aliphatic rings. The minimum atomic E-state index is -1.39. The van der Waals surface area contributed by atoms with Gasteiger partial charge < -0.3 is 20.4 Å². The van der Waals surface area contributed by atoms with Crippen LogP contribution in [0.15, 0.2) is 30.3 Å². The normalized spacial score (nSPS) is 14.2. The van der Waals surface area contributed by atoms with Gasteiger partial charge in [0, 0.05) is 6.08 Å². The van der Waals surface area contributed by atoms with E-state index in [1.165, 1.54) is 18.2 Å². The smallest absolute Gasteiger partial charge is 0.328 e. The molecule has 2 unspecified atom stereocenters. The van der Waals surface area contributed by atoms with Crippen molar-refractivity contribution in [3.8, 4) is 0 Å². The van der Waals surface area contributed by atoms with Crippen LogP contribution in [-0.4, -0.2) is 38.5 Å². The Hall–Kier alpha value is -2.18. The van der Waals surface area contributed by atoms with Crippen molar-refractivity contribution in [1.29, 1.82) is 0 Å². The van der Waals surface area contributed by atoms with Gasteiger partial charge in [0.15, 0.2) is 0 Å². The molecule has 0 radical (unpaired) electrons. The van der Waals surface area contributed by atoms with Crippen molar-refractivity contribution in [2.45, 2.75) is 18.6 Å². The van der Waals surface area contributed by atoms with Crippen LogP contribution in [0.1, 0.15) is 23.7 Å². The average Bonchev–Trinajstić information content (AvgIpc) is 2.35. The van der Waals surface area contributed by atoms with Crippen LogP contribution in [0.3, 0.4) is 0 Å². The largest absolute Gasteiger partial charge is 0.481 e. The van der Waals surface area contributed by atoms with Gasteiger partial charge in [0.1, 0.15) is 6.10 Å². The number of benzene rings is 1. The number of aliphatic hydroxyl groups excluding tert-OH is 2. The highest BCUT2D eigenvalue weighted by atomic mass is 16.4. The average molecular weight is 266 g/mol. The third-order valence-electron chi connectivity index (χ3n) is 2.44. The van der Waals surface area contributed by atoms with E-state index in [-0.39, 0.29) is 0 Å². The lowest BCUT2D eigenvalue weighted by Gasteiger charge is -2.16. The number of hydrogen-bond donors (Lipinski definition) is 4. The Bertz CT molecular complexity index is 476. The molecule has 0 aromatic heterocycles. The predicted octanol–water partition coefficient (Wildman–Crippen LogP) is 0.653. The Labute approximate surface area is 109 Å². The summed E-state index contributed by atoms with van der Waals surface area (Å²) < 4.78 is 0. The molecule has 0 bridgehead atoms. The van der Waals surface area contributed by atoms with Crippen molar-refractivity contribution in [2.24, 2.45) is 0 Å². The van der Waals surface area contributed by atoms with Gasteiger partial charge in [-0.05, 0) is 17.2 Å². The summed E-state index contributed by atoms with van der Waals surface area (Å²) in [5, 5.41) is 36.2. The predicted molar refractivity (Wildman–Crippen MR) is 66.3 cm³/mol. The van der Waals surface area contributed by atoms with Crippen molar-refractivity contribution >= 4 is 18.0 Å². The third kappa shape index (κ3) is 4.90. The van der Waals surface area contributed by atoms with Crippen LogP contribution in [-0.2, 0) is 9.59 Å². The number of aliphatic carboxylic acids is 2. The molecule has 2 atom stereocenters. The molecule has 0 aliphatic heterocycles. The first-order chi connectivity index (χ1) is 8.90. The standard InChI is InChI=1S/C13H14O6/c14-10(7-12(17)18)13(19)9-4-1-8(2-5-9)3-6-11(15)16/h1-6,10,13-14,19H,7H2,(H,15,16)(H,17,18)/b6-3+. The molecule has 0 saturated heterocycles. The highest BCUT2D eigenvalue weighted by Gasteiger charge is 2.20. The van der Waals surface area contributed by atoms with E-state index in [0.717, 1.165) is 6.08 Å². The highest BCUT2D eigenvalue weighted by molar-refractivity contribution is 5.85. The van der Waals surface area contributed by atoms with Crippen LogP contribution in [0.2, 0.25) is 0 Å². The topological polar surface area (TPSA) is 115 Å². The van der Waals surface area contributed by atoms with Gasteiger partial charge in [-0.25, -0.2) is 4.79 Å². The van der Waals surface area contributed by atoms with E-state index < -0.39 is 30.6 Å². The quantitative estimate of drug-likeness (QED) is 0.562. The van der Waals surface area contributed by atoms with Crippen LogP contribution >= 0.6 is 0 Å². The summed E-state index contributed by atoms with van der Waals surface area (Å²) in [5.74, 6) is -2.27. The van der Waals surface area contributed by atoms with Crippen molar-refractivity contribution in [3.63, 3.8) is 0 Å². The fraction of sp³-hybridized carbons (Fsp3) is 0.231. The molecular weight excluding hydrogens is 252 g/mol. The second-order valence-electron chi connectivity index (χ2n) is 3.95. The first-order valence-electron chi connectivity index (χ1n) is 5.49. The number of carboxylic acids is 2. The Morgan fingerprint density at radius 2 is 1.68 bits per heavy atom. The fourth-order valence-electron chi connectivity index (χ4n) is 1.48. The van der Waals surface area contributed by atoms with Gasteiger partial charge in [-0.15, -0.1) is 0 Å². The van der Waals surface area contributed by atoms with E-state index >= 15 is 0 Å². The SMILES string of the molecule is O=C(O)/C=C/c1ccc(C(O)C(O)CC(=O)O)cc1. The number of aliphatic hydroxyl groups is 2. The molecule has 0 aliphatic carbocycles. The van der Waals surface area contributed by atoms with Crippen LogP contribution in [0.25, 0.3) is 6.08 Å². The van der Waals surface area contributed by atoms with Crippen molar-refractivity contribution < 1.29 is 30.0 Å². The van der Waals surface area contributed by atoms with Crippen molar-refractivity contribution in [2.75, 3.05) is 0 Å². The summed E-state index contributed by atoms with van der Waals surface area (Å²) in [4.78, 5) is 20.7. The minimum absolute atomic E-state index is 0.362. The lowest BCUT2D eigenvalue weighted by atomic mass is 10.0. The first kappa shape index (κ1) is 14.9. The minimum Gasteiger partial charge on any atom is -0.481 e. The number of carboxylic acid groups (broad SMARTS) is 2. The Kier molecular flexibility index (Phi) is 5.23. The molecule has 6 nitrogen and oxygen atoms in total. The molecule has 0 fully saturated rings. The first-order valence-corrected chi connectivity index (χ1v) is 5.49. The lowest BCUT2D eigenvalue weighted by molar-refractivity contribution is -0.141. The maximum atomic E-state index is 10.4. The molecule has 4 N–H and O–H groups in total. The summed E-state index contributed by atoms with van der Waals surface area (Å²) in [5.41, 5.74) is 0.979. The van der Waals surface area contributed by atoms with Gasteiger partial charge in [0.05, 0.1) is 12.5 Å². The molecule has 0 amide bonds. The number of rotatable bonds is 6. The second kappa shape index (κ2) is 6.67. The summed E-state index contributed by atoms with van der Waals surface area (Å²) in [6.07, 6.45) is -0.884. The van der Waals surface area contributed by atoms with E-state index in [2.05, 4.69) is 0 Å². The number of carbonyl (C=O) groups is 2. The van der Waals surface area contributed by atoms with Crippen LogP contribution in [0.5, 0.6) is 0 Å². The van der Waals surface area contributed by atoms with Crippen molar-refractivity contribution in [3.05, 3.63) is 41.5 Å². The molecule has 6 heteroatoms. The van der Waals surface area contributed by atoms with Gasteiger partial charge in [-0.3, -0.25) is 4.79 Å². The summed E-state index contributed by atoms with van der Waals surface area (Å²) in [6.45, 7) is 0. The van der Waals surface area contributed by atoms with Crippen LogP contribution < -0.4 is 0 Å². The highest BCUT2D eigenvalue weighted by Crippen LogP contribution is 2.19. The molecule has 1 rings (SSSR count). The summed E-state index contributed by atoms with van der Waals surface area (Å²) in [6, 6.07) is 6.12. The summed E-state index contributed by atoms with van der Waals surface area (Å²) >= 11 is 0. The second-order valence-corrected chi connectivity index (χ2v) is 3.95.